The molecule has 0 saturated carbocycles. The lowest BCUT2D eigenvalue weighted by Crippen LogP contribution is -2.14. The molecule has 0 heterocycles. The Bertz CT molecular complexity index is 609. The molecule has 2 aromatic rings. The molecule has 0 radical (unpaired) electrons. The average molecular weight is 287 g/mol. The molecule has 0 N–H and O–H groups in total. The van der Waals surface area contributed by atoms with E-state index in [1.807, 2.05) is 0 Å². The minimum atomic E-state index is 0.112. The van der Waals surface area contributed by atoms with Gasteiger partial charge in [0.05, 0.1) is 0 Å². The molecule has 0 nitrogen and oxygen atoms in total. The standard InChI is InChI=1S/C16H15Br/c1-10-5-4-6-13-15(10)12-8-7-11(17)9-14(12)16(13,2)3/h4-9H,1-3H3. The molecule has 0 atom stereocenters. The molecular formula is C16H15Br. The van der Waals surface area contributed by atoms with E-state index in [1.54, 1.807) is 0 Å². The van der Waals surface area contributed by atoms with Gasteiger partial charge >= 0.3 is 0 Å². The van der Waals surface area contributed by atoms with Gasteiger partial charge in [-0.2, -0.15) is 0 Å². The highest BCUT2D eigenvalue weighted by Gasteiger charge is 2.35. The molecule has 0 fully saturated rings. The predicted molar refractivity (Wildman–Crippen MR) is 76.4 cm³/mol. The third-order valence-corrected chi connectivity index (χ3v) is 4.36. The quantitative estimate of drug-likeness (QED) is 0.635. The van der Waals surface area contributed by atoms with E-state index in [2.05, 4.69) is 73.1 Å². The van der Waals surface area contributed by atoms with Gasteiger partial charge in [-0.15, -0.1) is 0 Å². The van der Waals surface area contributed by atoms with Crippen molar-refractivity contribution in [3.63, 3.8) is 0 Å². The van der Waals surface area contributed by atoms with Crippen LogP contribution >= 0.6 is 15.9 Å². The minimum absolute atomic E-state index is 0.112. The first-order valence-corrected chi connectivity index (χ1v) is 6.71. The highest BCUT2D eigenvalue weighted by molar-refractivity contribution is 9.10. The molecular weight excluding hydrogens is 272 g/mol. The van der Waals surface area contributed by atoms with Crippen molar-refractivity contribution in [2.45, 2.75) is 26.2 Å². The van der Waals surface area contributed by atoms with Crippen LogP contribution in [0.15, 0.2) is 40.9 Å². The van der Waals surface area contributed by atoms with Crippen molar-refractivity contribution < 1.29 is 0 Å². The molecule has 0 saturated heterocycles. The molecule has 17 heavy (non-hydrogen) atoms. The summed E-state index contributed by atoms with van der Waals surface area (Å²) in [5.74, 6) is 0. The van der Waals surface area contributed by atoms with Crippen LogP contribution in [0.1, 0.15) is 30.5 Å². The summed E-state index contributed by atoms with van der Waals surface area (Å²) < 4.78 is 1.16. The first kappa shape index (κ1) is 11.0. The van der Waals surface area contributed by atoms with Crippen LogP contribution in [0.3, 0.4) is 0 Å². The van der Waals surface area contributed by atoms with Crippen molar-refractivity contribution in [3.8, 4) is 11.1 Å². The Kier molecular flexibility index (Phi) is 2.24. The van der Waals surface area contributed by atoms with Crippen molar-refractivity contribution >= 4 is 15.9 Å². The van der Waals surface area contributed by atoms with Gasteiger partial charge < -0.3 is 0 Å². The van der Waals surface area contributed by atoms with E-state index in [0.717, 1.165) is 4.47 Å². The molecule has 2 aromatic carbocycles. The summed E-state index contributed by atoms with van der Waals surface area (Å²) in [6, 6.07) is 13.3. The van der Waals surface area contributed by atoms with Crippen molar-refractivity contribution in [1.29, 1.82) is 0 Å². The number of fused-ring (bicyclic) bond motifs is 3. The molecule has 1 aliphatic carbocycles. The maximum Gasteiger partial charge on any atom is 0.0178 e. The molecule has 1 heteroatoms. The number of halogens is 1. The van der Waals surface area contributed by atoms with Gasteiger partial charge in [0.2, 0.25) is 0 Å². The molecule has 0 amide bonds. The van der Waals surface area contributed by atoms with E-state index < -0.39 is 0 Å². The normalized spacial score (nSPS) is 15.5. The van der Waals surface area contributed by atoms with Gasteiger partial charge in [-0.3, -0.25) is 0 Å². The van der Waals surface area contributed by atoms with Crippen molar-refractivity contribution in [3.05, 3.63) is 57.6 Å². The Balaban J connectivity index is 2.43. The zero-order valence-electron chi connectivity index (χ0n) is 10.3. The van der Waals surface area contributed by atoms with E-state index >= 15 is 0 Å². The Hall–Kier alpha value is -1.08. The molecule has 1 aliphatic rings. The Morgan fingerprint density at radius 3 is 2.53 bits per heavy atom. The highest BCUT2D eigenvalue weighted by atomic mass is 79.9. The van der Waals surface area contributed by atoms with Gasteiger partial charge in [-0.1, -0.05) is 54.0 Å². The summed E-state index contributed by atoms with van der Waals surface area (Å²) in [5, 5.41) is 0. The maximum absolute atomic E-state index is 3.58. The Morgan fingerprint density at radius 1 is 1.00 bits per heavy atom. The van der Waals surface area contributed by atoms with Crippen LogP contribution in [0.5, 0.6) is 0 Å². The van der Waals surface area contributed by atoms with E-state index in [0.29, 0.717) is 0 Å². The monoisotopic (exact) mass is 286 g/mol. The fourth-order valence-electron chi connectivity index (χ4n) is 2.94. The van der Waals surface area contributed by atoms with Gasteiger partial charge in [0.1, 0.15) is 0 Å². The zero-order chi connectivity index (χ0) is 12.2. The Morgan fingerprint density at radius 2 is 1.76 bits per heavy atom. The second kappa shape index (κ2) is 3.46. The summed E-state index contributed by atoms with van der Waals surface area (Å²) in [7, 11) is 0. The maximum atomic E-state index is 3.58. The van der Waals surface area contributed by atoms with E-state index in [1.165, 1.54) is 27.8 Å². The first-order chi connectivity index (χ1) is 8.01. The fourth-order valence-corrected chi connectivity index (χ4v) is 3.30. The summed E-state index contributed by atoms with van der Waals surface area (Å²) >= 11 is 3.58. The number of benzene rings is 2. The minimum Gasteiger partial charge on any atom is -0.0617 e. The fraction of sp³-hybridized carbons (Fsp3) is 0.250. The van der Waals surface area contributed by atoms with Crippen molar-refractivity contribution in [2.24, 2.45) is 0 Å². The topological polar surface area (TPSA) is 0 Å². The van der Waals surface area contributed by atoms with Crippen LogP contribution in [0.4, 0.5) is 0 Å². The Labute approximate surface area is 111 Å². The molecule has 0 aliphatic heterocycles. The highest BCUT2D eigenvalue weighted by Crippen LogP contribution is 2.50. The van der Waals surface area contributed by atoms with Crippen molar-refractivity contribution in [2.75, 3.05) is 0 Å². The van der Waals surface area contributed by atoms with Crippen LogP contribution in [0.25, 0.3) is 11.1 Å². The number of rotatable bonds is 0. The van der Waals surface area contributed by atoms with Crippen LogP contribution in [-0.2, 0) is 5.41 Å². The molecule has 0 spiro atoms. The van der Waals surface area contributed by atoms with Gasteiger partial charge in [0, 0.05) is 9.89 Å². The third-order valence-electron chi connectivity index (χ3n) is 3.87. The SMILES string of the molecule is Cc1cccc2c1-c1ccc(Br)cc1C2(C)C. The smallest absolute Gasteiger partial charge is 0.0178 e. The second-order valence-corrected chi connectivity index (χ2v) is 6.23. The lowest BCUT2D eigenvalue weighted by Gasteiger charge is -2.21. The molecule has 0 aromatic heterocycles. The lowest BCUT2D eigenvalue weighted by molar-refractivity contribution is 0.659. The van der Waals surface area contributed by atoms with E-state index in [-0.39, 0.29) is 5.41 Å². The van der Waals surface area contributed by atoms with Gasteiger partial charge in [0.25, 0.3) is 0 Å². The lowest BCUT2D eigenvalue weighted by atomic mass is 9.82. The van der Waals surface area contributed by atoms with Crippen LogP contribution in [0.2, 0.25) is 0 Å². The van der Waals surface area contributed by atoms with Crippen LogP contribution in [-0.4, -0.2) is 0 Å². The number of aryl methyl sites for hydroxylation is 1. The van der Waals surface area contributed by atoms with Gasteiger partial charge in [-0.25, -0.2) is 0 Å². The number of hydrogen-bond acceptors (Lipinski definition) is 0. The summed E-state index contributed by atoms with van der Waals surface area (Å²) in [6.45, 7) is 6.82. The second-order valence-electron chi connectivity index (χ2n) is 5.31. The summed E-state index contributed by atoms with van der Waals surface area (Å²) in [6.07, 6.45) is 0. The molecule has 86 valence electrons. The number of hydrogen-bond donors (Lipinski definition) is 0. The third kappa shape index (κ3) is 1.42. The largest absolute Gasteiger partial charge is 0.0617 e. The predicted octanol–water partition coefficient (Wildman–Crippen LogP) is 5.06. The average Bonchev–Trinajstić information content (AvgIpc) is 2.50. The summed E-state index contributed by atoms with van der Waals surface area (Å²) in [5.41, 5.74) is 7.19. The van der Waals surface area contributed by atoms with Crippen LogP contribution in [0, 0.1) is 6.92 Å². The summed E-state index contributed by atoms with van der Waals surface area (Å²) in [4.78, 5) is 0. The molecule has 0 bridgehead atoms. The van der Waals surface area contributed by atoms with Gasteiger partial charge in [0.15, 0.2) is 0 Å². The van der Waals surface area contributed by atoms with E-state index in [4.69, 9.17) is 0 Å². The first-order valence-electron chi connectivity index (χ1n) is 5.92. The molecule has 0 unspecified atom stereocenters. The van der Waals surface area contributed by atoms with Crippen molar-refractivity contribution in [1.82, 2.24) is 0 Å². The zero-order valence-corrected chi connectivity index (χ0v) is 11.9. The molecule has 3 rings (SSSR count). The van der Waals surface area contributed by atoms with Gasteiger partial charge in [-0.05, 0) is 46.9 Å². The van der Waals surface area contributed by atoms with E-state index in [9.17, 15) is 0 Å². The van der Waals surface area contributed by atoms with Crippen LogP contribution < -0.4 is 0 Å².